The predicted molar refractivity (Wildman–Crippen MR) is 75.8 cm³/mol. The minimum absolute atomic E-state index is 0.657. The zero-order valence-corrected chi connectivity index (χ0v) is 10.4. The first-order valence-electron chi connectivity index (χ1n) is 5.97. The molecule has 1 aromatic carbocycles. The van der Waals surface area contributed by atoms with Gasteiger partial charge in [-0.3, -0.25) is 0 Å². The van der Waals surface area contributed by atoms with Gasteiger partial charge in [0.15, 0.2) is 0 Å². The maximum atomic E-state index is 8.90. The highest BCUT2D eigenvalue weighted by molar-refractivity contribution is 5.86. The van der Waals surface area contributed by atoms with E-state index in [0.717, 1.165) is 28.0 Å². The van der Waals surface area contributed by atoms with Gasteiger partial charge in [0.2, 0.25) is 0 Å². The normalized spacial score (nSPS) is 10.3. The molecule has 0 saturated heterocycles. The number of hydrogen-bond acceptors (Lipinski definition) is 3. The number of fused-ring (bicyclic) bond motifs is 1. The Balaban J connectivity index is 2.07. The van der Waals surface area contributed by atoms with E-state index in [1.165, 1.54) is 0 Å². The van der Waals surface area contributed by atoms with Gasteiger partial charge < -0.3 is 10.3 Å². The Bertz CT molecular complexity index is 763. The van der Waals surface area contributed by atoms with Gasteiger partial charge in [0.1, 0.15) is 5.82 Å². The molecule has 2 heterocycles. The average Bonchev–Trinajstić information content (AvgIpc) is 2.90. The van der Waals surface area contributed by atoms with Crippen molar-refractivity contribution in [2.45, 2.75) is 0 Å². The summed E-state index contributed by atoms with van der Waals surface area (Å²) < 4.78 is 0. The Hall–Kier alpha value is -2.80. The molecule has 0 spiro atoms. The van der Waals surface area contributed by atoms with Gasteiger partial charge in [0, 0.05) is 35.4 Å². The van der Waals surface area contributed by atoms with E-state index in [2.05, 4.69) is 27.4 Å². The van der Waals surface area contributed by atoms with Crippen LogP contribution in [0.4, 0.5) is 5.82 Å². The lowest BCUT2D eigenvalue weighted by Gasteiger charge is -2.00. The SMILES string of the molecule is CNc1ccc(-c2cc3ccc(C#N)cc3[nH]2)cn1. The summed E-state index contributed by atoms with van der Waals surface area (Å²) in [5, 5.41) is 13.0. The Morgan fingerprint density at radius 3 is 2.79 bits per heavy atom. The van der Waals surface area contributed by atoms with Crippen LogP contribution in [0.25, 0.3) is 22.2 Å². The second-order valence-electron chi connectivity index (χ2n) is 4.28. The first-order valence-corrected chi connectivity index (χ1v) is 5.97. The van der Waals surface area contributed by atoms with Crippen molar-refractivity contribution in [3.63, 3.8) is 0 Å². The fourth-order valence-corrected chi connectivity index (χ4v) is 2.05. The molecule has 4 nitrogen and oxygen atoms in total. The topological polar surface area (TPSA) is 64.5 Å². The maximum Gasteiger partial charge on any atom is 0.125 e. The van der Waals surface area contributed by atoms with Gasteiger partial charge in [-0.15, -0.1) is 0 Å². The molecule has 4 heteroatoms. The van der Waals surface area contributed by atoms with Gasteiger partial charge in [-0.25, -0.2) is 4.98 Å². The molecule has 0 fully saturated rings. The van der Waals surface area contributed by atoms with Crippen LogP contribution in [-0.2, 0) is 0 Å². The third-order valence-corrected chi connectivity index (χ3v) is 3.08. The molecule has 0 aliphatic carbocycles. The molecule has 0 radical (unpaired) electrons. The molecular formula is C15H12N4. The van der Waals surface area contributed by atoms with Crippen LogP contribution < -0.4 is 5.32 Å². The van der Waals surface area contributed by atoms with E-state index >= 15 is 0 Å². The molecule has 0 amide bonds. The number of H-pyrrole nitrogens is 1. The number of benzene rings is 1. The minimum Gasteiger partial charge on any atom is -0.373 e. The number of anilines is 1. The van der Waals surface area contributed by atoms with Crippen molar-refractivity contribution in [3.05, 3.63) is 48.2 Å². The number of rotatable bonds is 2. The van der Waals surface area contributed by atoms with E-state index in [0.29, 0.717) is 5.56 Å². The highest BCUT2D eigenvalue weighted by Gasteiger charge is 2.04. The molecule has 0 aliphatic rings. The predicted octanol–water partition coefficient (Wildman–Crippen LogP) is 3.14. The quantitative estimate of drug-likeness (QED) is 0.732. The smallest absolute Gasteiger partial charge is 0.125 e. The van der Waals surface area contributed by atoms with E-state index in [1.807, 2.05) is 43.6 Å². The fraction of sp³-hybridized carbons (Fsp3) is 0.0667. The van der Waals surface area contributed by atoms with Crippen LogP contribution in [-0.4, -0.2) is 17.0 Å². The van der Waals surface area contributed by atoms with Crippen LogP contribution in [0.5, 0.6) is 0 Å². The standard InChI is InChI=1S/C15H12N4/c1-17-15-5-4-12(9-18-15)14-7-11-3-2-10(8-16)6-13(11)19-14/h2-7,9,19H,1H3,(H,17,18). The third-order valence-electron chi connectivity index (χ3n) is 3.08. The van der Waals surface area contributed by atoms with Crippen molar-refractivity contribution < 1.29 is 0 Å². The Labute approximate surface area is 110 Å². The van der Waals surface area contributed by atoms with E-state index in [1.54, 1.807) is 0 Å². The molecule has 3 rings (SSSR count). The summed E-state index contributed by atoms with van der Waals surface area (Å²) in [6.45, 7) is 0. The summed E-state index contributed by atoms with van der Waals surface area (Å²) in [5.74, 6) is 0.839. The van der Waals surface area contributed by atoms with Gasteiger partial charge in [-0.2, -0.15) is 5.26 Å². The molecule has 0 unspecified atom stereocenters. The van der Waals surface area contributed by atoms with Crippen LogP contribution in [0.15, 0.2) is 42.6 Å². The second-order valence-corrected chi connectivity index (χ2v) is 4.28. The van der Waals surface area contributed by atoms with Crippen molar-refractivity contribution in [3.8, 4) is 17.3 Å². The zero-order valence-electron chi connectivity index (χ0n) is 10.4. The second kappa shape index (κ2) is 4.46. The van der Waals surface area contributed by atoms with Gasteiger partial charge >= 0.3 is 0 Å². The molecular weight excluding hydrogens is 236 g/mol. The van der Waals surface area contributed by atoms with Gasteiger partial charge in [0.05, 0.1) is 11.6 Å². The Morgan fingerprint density at radius 1 is 1.21 bits per heavy atom. The van der Waals surface area contributed by atoms with Crippen LogP contribution in [0.1, 0.15) is 5.56 Å². The van der Waals surface area contributed by atoms with Gasteiger partial charge in [0.25, 0.3) is 0 Å². The van der Waals surface area contributed by atoms with Crippen molar-refractivity contribution in [2.75, 3.05) is 12.4 Å². The Morgan fingerprint density at radius 2 is 2.11 bits per heavy atom. The van der Waals surface area contributed by atoms with Gasteiger partial charge in [-0.05, 0) is 30.3 Å². The highest BCUT2D eigenvalue weighted by atomic mass is 14.9. The van der Waals surface area contributed by atoms with E-state index in [4.69, 9.17) is 5.26 Å². The lowest BCUT2D eigenvalue weighted by Crippen LogP contribution is -1.91. The first kappa shape index (κ1) is 11.3. The number of aromatic amines is 1. The number of nitrogens with one attached hydrogen (secondary N) is 2. The summed E-state index contributed by atoms with van der Waals surface area (Å²) in [4.78, 5) is 7.61. The summed E-state index contributed by atoms with van der Waals surface area (Å²) in [7, 11) is 1.84. The van der Waals surface area contributed by atoms with Crippen LogP contribution in [0.3, 0.4) is 0 Å². The number of nitrogens with zero attached hydrogens (tertiary/aromatic N) is 2. The maximum absolute atomic E-state index is 8.90. The molecule has 0 atom stereocenters. The molecule has 0 saturated carbocycles. The molecule has 0 bridgehead atoms. The monoisotopic (exact) mass is 248 g/mol. The van der Waals surface area contributed by atoms with E-state index in [9.17, 15) is 0 Å². The van der Waals surface area contributed by atoms with Crippen LogP contribution in [0.2, 0.25) is 0 Å². The third kappa shape index (κ3) is 2.02. The lowest BCUT2D eigenvalue weighted by molar-refractivity contribution is 1.28. The molecule has 0 aliphatic heterocycles. The lowest BCUT2D eigenvalue weighted by atomic mass is 10.1. The number of pyridine rings is 1. The average molecular weight is 248 g/mol. The molecule has 3 aromatic rings. The molecule has 2 N–H and O–H groups in total. The first-order chi connectivity index (χ1) is 9.30. The van der Waals surface area contributed by atoms with Crippen LogP contribution in [0, 0.1) is 11.3 Å². The largest absolute Gasteiger partial charge is 0.373 e. The molecule has 92 valence electrons. The highest BCUT2D eigenvalue weighted by Crippen LogP contribution is 2.24. The van der Waals surface area contributed by atoms with Gasteiger partial charge in [-0.1, -0.05) is 6.07 Å². The van der Waals surface area contributed by atoms with Crippen molar-refractivity contribution in [1.29, 1.82) is 5.26 Å². The number of nitriles is 1. The van der Waals surface area contributed by atoms with E-state index < -0.39 is 0 Å². The fourth-order valence-electron chi connectivity index (χ4n) is 2.05. The van der Waals surface area contributed by atoms with Crippen molar-refractivity contribution in [1.82, 2.24) is 9.97 Å². The molecule has 19 heavy (non-hydrogen) atoms. The van der Waals surface area contributed by atoms with Crippen molar-refractivity contribution >= 4 is 16.7 Å². The Kier molecular flexibility index (Phi) is 2.66. The number of aromatic nitrogens is 2. The zero-order chi connectivity index (χ0) is 13.2. The number of hydrogen-bond donors (Lipinski definition) is 2. The van der Waals surface area contributed by atoms with E-state index in [-0.39, 0.29) is 0 Å². The van der Waals surface area contributed by atoms with Crippen molar-refractivity contribution in [2.24, 2.45) is 0 Å². The summed E-state index contributed by atoms with van der Waals surface area (Å²) in [6.07, 6.45) is 1.82. The molecule has 2 aromatic heterocycles. The summed E-state index contributed by atoms with van der Waals surface area (Å²) >= 11 is 0. The summed E-state index contributed by atoms with van der Waals surface area (Å²) in [5.41, 5.74) is 3.64. The minimum atomic E-state index is 0.657. The summed E-state index contributed by atoms with van der Waals surface area (Å²) in [6, 6.07) is 13.8. The van der Waals surface area contributed by atoms with Crippen LogP contribution >= 0.6 is 0 Å².